The average molecular weight is 571 g/mol. The number of aromatic nitrogens is 3. The van der Waals surface area contributed by atoms with Gasteiger partial charge in [0.2, 0.25) is 0 Å². The van der Waals surface area contributed by atoms with E-state index in [2.05, 4.69) is 76.4 Å². The molecule has 1 aliphatic rings. The van der Waals surface area contributed by atoms with Crippen molar-refractivity contribution in [2.24, 2.45) is 0 Å². The van der Waals surface area contributed by atoms with Crippen LogP contribution in [0.3, 0.4) is 0 Å². The van der Waals surface area contributed by atoms with Gasteiger partial charge >= 0.3 is 0 Å². The summed E-state index contributed by atoms with van der Waals surface area (Å²) in [4.78, 5) is 11.9. The number of rotatable bonds is 7. The zero-order valence-corrected chi connectivity index (χ0v) is 22.1. The minimum atomic E-state index is -1.12. The van der Waals surface area contributed by atoms with Gasteiger partial charge in [0.1, 0.15) is 12.2 Å². The minimum absolute atomic E-state index is 0.448. The average Bonchev–Trinajstić information content (AvgIpc) is 3.04. The molecule has 9 heteroatoms. The Morgan fingerprint density at radius 1 is 1.13 bits per heavy atom. The van der Waals surface area contributed by atoms with E-state index >= 15 is 0 Å². The maximum atomic E-state index is 6.60. The number of benzene rings is 1. The fraction of sp³-hybridized carbons (Fsp3) is 0.455. The number of anilines is 1. The van der Waals surface area contributed by atoms with E-state index in [0.717, 1.165) is 65.2 Å². The molecule has 166 valence electrons. The van der Waals surface area contributed by atoms with E-state index in [0.29, 0.717) is 11.8 Å². The second-order valence-corrected chi connectivity index (χ2v) is 16.0. The van der Waals surface area contributed by atoms with E-state index in [9.17, 15) is 0 Å². The Labute approximate surface area is 203 Å². The largest absolute Gasteiger partial charge is 0.378 e. The summed E-state index contributed by atoms with van der Waals surface area (Å²) < 4.78 is 14.3. The minimum Gasteiger partial charge on any atom is -0.378 e. The van der Waals surface area contributed by atoms with Gasteiger partial charge in [-0.15, -0.1) is 0 Å². The summed E-state index contributed by atoms with van der Waals surface area (Å²) >= 11 is 8.83. The van der Waals surface area contributed by atoms with Gasteiger partial charge in [0, 0.05) is 61.6 Å². The molecule has 1 aromatic carbocycles. The van der Waals surface area contributed by atoms with Gasteiger partial charge in [0.25, 0.3) is 0 Å². The molecule has 1 saturated heterocycles. The van der Waals surface area contributed by atoms with E-state index in [1.54, 1.807) is 0 Å². The Balaban J connectivity index is 1.57. The smallest absolute Gasteiger partial charge is 0.175 e. The molecule has 0 unspecified atom stereocenters. The molecule has 3 aromatic rings. The third-order valence-electron chi connectivity index (χ3n) is 5.36. The molecule has 0 N–H and O–H groups in total. The molecule has 1 fully saturated rings. The lowest BCUT2D eigenvalue weighted by atomic mass is 10.1. The van der Waals surface area contributed by atoms with Gasteiger partial charge < -0.3 is 14.4 Å². The van der Waals surface area contributed by atoms with E-state index in [1.807, 2.05) is 10.6 Å². The van der Waals surface area contributed by atoms with E-state index in [4.69, 9.17) is 26.1 Å². The Hall–Kier alpha value is -1.20. The predicted molar refractivity (Wildman–Crippen MR) is 138 cm³/mol. The Morgan fingerprint density at radius 2 is 1.84 bits per heavy atom. The summed E-state index contributed by atoms with van der Waals surface area (Å²) in [6.45, 7) is 11.6. The molecule has 0 aliphatic carbocycles. The molecule has 0 saturated carbocycles. The highest BCUT2D eigenvalue weighted by Crippen LogP contribution is 2.31. The predicted octanol–water partition coefficient (Wildman–Crippen LogP) is 5.51. The summed E-state index contributed by atoms with van der Waals surface area (Å²) in [6, 6.07) is 11.5. The van der Waals surface area contributed by atoms with Gasteiger partial charge in [0.05, 0.1) is 23.9 Å². The first-order valence-corrected chi connectivity index (χ1v) is 15.7. The van der Waals surface area contributed by atoms with Crippen LogP contribution in [0.4, 0.5) is 5.69 Å². The summed E-state index contributed by atoms with van der Waals surface area (Å²) in [5.41, 5.74) is 4.54. The molecule has 2 aromatic heterocycles. The Kier molecular flexibility index (Phi) is 7.22. The van der Waals surface area contributed by atoms with Crippen molar-refractivity contribution in [1.29, 1.82) is 0 Å². The van der Waals surface area contributed by atoms with Crippen molar-refractivity contribution in [3.05, 3.63) is 39.2 Å². The lowest BCUT2D eigenvalue weighted by Gasteiger charge is -2.28. The van der Waals surface area contributed by atoms with Gasteiger partial charge in [-0.2, -0.15) is 0 Å². The molecule has 3 heterocycles. The fourth-order valence-corrected chi connectivity index (χ4v) is 5.14. The molecular weight excluding hydrogens is 543 g/mol. The first-order chi connectivity index (χ1) is 14.8. The Morgan fingerprint density at radius 3 is 2.52 bits per heavy atom. The van der Waals surface area contributed by atoms with Crippen LogP contribution in [-0.2, 0) is 16.2 Å². The van der Waals surface area contributed by atoms with Crippen molar-refractivity contribution in [1.82, 2.24) is 14.5 Å². The van der Waals surface area contributed by atoms with Crippen molar-refractivity contribution in [3.63, 3.8) is 0 Å². The summed E-state index contributed by atoms with van der Waals surface area (Å²) in [6.07, 6.45) is 0. The van der Waals surface area contributed by atoms with Crippen LogP contribution in [0, 0.1) is 3.83 Å². The molecule has 6 nitrogen and oxygen atoms in total. The van der Waals surface area contributed by atoms with Gasteiger partial charge in [0.15, 0.2) is 9.48 Å². The maximum absolute atomic E-state index is 6.60. The highest BCUT2D eigenvalue weighted by atomic mass is 127. The van der Waals surface area contributed by atoms with Crippen LogP contribution in [0.1, 0.15) is 0 Å². The number of morpholine rings is 1. The summed E-state index contributed by atoms with van der Waals surface area (Å²) in [5, 5.41) is 0.604. The molecule has 0 atom stereocenters. The maximum Gasteiger partial charge on any atom is 0.175 e. The monoisotopic (exact) mass is 570 g/mol. The molecular formula is C22H28ClIN4O2Si. The molecule has 31 heavy (non-hydrogen) atoms. The number of fused-ring (bicyclic) bond motifs is 1. The van der Waals surface area contributed by atoms with Crippen LogP contribution in [0.25, 0.3) is 22.4 Å². The first kappa shape index (κ1) is 23.0. The molecule has 1 aliphatic heterocycles. The van der Waals surface area contributed by atoms with Crippen molar-refractivity contribution < 1.29 is 9.47 Å². The normalized spacial score (nSPS) is 15.1. The zero-order chi connectivity index (χ0) is 22.0. The highest BCUT2D eigenvalue weighted by Gasteiger charge is 2.17. The first-order valence-electron chi connectivity index (χ1n) is 10.5. The van der Waals surface area contributed by atoms with Crippen molar-refractivity contribution in [2.45, 2.75) is 32.4 Å². The Bertz CT molecular complexity index is 1050. The molecule has 4 rings (SSSR count). The van der Waals surface area contributed by atoms with Crippen LogP contribution in [0.15, 0.2) is 30.3 Å². The van der Waals surface area contributed by atoms with Gasteiger partial charge in [-0.05, 0) is 24.2 Å². The molecule has 0 spiro atoms. The number of hydrogen-bond donors (Lipinski definition) is 0. The van der Waals surface area contributed by atoms with E-state index in [-0.39, 0.29) is 0 Å². The number of imidazole rings is 1. The quantitative estimate of drug-likeness (QED) is 0.213. The number of pyridine rings is 1. The van der Waals surface area contributed by atoms with Gasteiger partial charge in [-0.1, -0.05) is 43.4 Å². The van der Waals surface area contributed by atoms with Crippen molar-refractivity contribution >= 4 is 59.1 Å². The molecule has 0 bridgehead atoms. The van der Waals surface area contributed by atoms with Crippen LogP contribution in [0.2, 0.25) is 30.7 Å². The number of hydrogen-bond acceptors (Lipinski definition) is 5. The number of halogens is 2. The second-order valence-electron chi connectivity index (χ2n) is 8.96. The van der Waals surface area contributed by atoms with Crippen LogP contribution >= 0.6 is 34.2 Å². The lowest BCUT2D eigenvalue weighted by molar-refractivity contribution is 0.0878. The molecule has 0 radical (unpaired) electrons. The standard InChI is InChI=1S/C22H28ClIN4O2Si/c1-31(2,3)13-12-30-15-28-21-19(25-22(28)24)14-18(23)20(26-21)16-4-6-17(7-5-16)27-8-10-29-11-9-27/h4-7,14H,8-13,15H2,1-3H3. The summed E-state index contributed by atoms with van der Waals surface area (Å²) in [7, 11) is -1.12. The van der Waals surface area contributed by atoms with Crippen molar-refractivity contribution in [2.75, 3.05) is 37.8 Å². The number of ether oxygens (including phenoxy) is 2. The zero-order valence-electron chi connectivity index (χ0n) is 18.2. The fourth-order valence-electron chi connectivity index (χ4n) is 3.50. The van der Waals surface area contributed by atoms with Crippen LogP contribution < -0.4 is 4.90 Å². The van der Waals surface area contributed by atoms with Gasteiger partial charge in [-0.3, -0.25) is 4.57 Å². The third-order valence-corrected chi connectivity index (χ3v) is 8.18. The SMILES string of the molecule is C[Si](C)(C)CCOCn1c(I)nc2cc(Cl)c(-c3ccc(N4CCOCC4)cc3)nc21. The van der Waals surface area contributed by atoms with Gasteiger partial charge in [-0.25, -0.2) is 9.97 Å². The summed E-state index contributed by atoms with van der Waals surface area (Å²) in [5.74, 6) is 0. The number of nitrogens with zero attached hydrogens (tertiary/aromatic N) is 4. The third kappa shape index (κ3) is 5.59. The van der Waals surface area contributed by atoms with Crippen LogP contribution in [0.5, 0.6) is 0 Å². The highest BCUT2D eigenvalue weighted by molar-refractivity contribution is 14.1. The second kappa shape index (κ2) is 9.74. The van der Waals surface area contributed by atoms with E-state index < -0.39 is 8.07 Å². The lowest BCUT2D eigenvalue weighted by Crippen LogP contribution is -2.36. The molecule has 0 amide bonds. The topological polar surface area (TPSA) is 52.4 Å². The van der Waals surface area contributed by atoms with Crippen LogP contribution in [-0.4, -0.2) is 55.5 Å². The van der Waals surface area contributed by atoms with E-state index in [1.165, 1.54) is 5.69 Å². The van der Waals surface area contributed by atoms with Crippen molar-refractivity contribution in [3.8, 4) is 11.3 Å².